The molecule has 3 heteroatoms. The van der Waals surface area contributed by atoms with Gasteiger partial charge in [0.05, 0.1) is 12.5 Å². The van der Waals surface area contributed by atoms with Crippen LogP contribution in [0.15, 0.2) is 0 Å². The van der Waals surface area contributed by atoms with Crippen LogP contribution in [-0.4, -0.2) is 23.8 Å². The Balaban J connectivity index is 3.49. The number of carboxylic acids is 1. The van der Waals surface area contributed by atoms with Gasteiger partial charge >= 0.3 is 5.97 Å². The normalized spacial score (nSPS) is 12.3. The highest BCUT2D eigenvalue weighted by atomic mass is 16.5. The van der Waals surface area contributed by atoms with Crippen LogP contribution >= 0.6 is 0 Å². The van der Waals surface area contributed by atoms with E-state index < -0.39 is 5.97 Å². The van der Waals surface area contributed by atoms with E-state index in [4.69, 9.17) is 4.74 Å². The highest BCUT2D eigenvalue weighted by molar-refractivity contribution is 5.67. The first kappa shape index (κ1) is 32.4. The van der Waals surface area contributed by atoms with E-state index in [0.717, 1.165) is 25.9 Å². The number of carbonyl (C=O) groups is 1. The van der Waals surface area contributed by atoms with Crippen LogP contribution in [0.2, 0.25) is 0 Å². The maximum Gasteiger partial charge on any atom is 0.305 e. The predicted octanol–water partition coefficient (Wildman–Crippen LogP) is 10.2. The van der Waals surface area contributed by atoms with Gasteiger partial charge in [-0.1, -0.05) is 155 Å². The van der Waals surface area contributed by atoms with Gasteiger partial charge in [-0.2, -0.15) is 0 Å². The summed E-state index contributed by atoms with van der Waals surface area (Å²) in [6.07, 6.45) is 31.7. The van der Waals surface area contributed by atoms with Crippen LogP contribution in [0.5, 0.6) is 0 Å². The molecule has 1 atom stereocenters. The van der Waals surface area contributed by atoms with Crippen LogP contribution in [0.3, 0.4) is 0 Å². The fraction of sp³-hybridized carbons (Fsp3) is 0.967. The second kappa shape index (κ2) is 27.7. The zero-order valence-corrected chi connectivity index (χ0v) is 22.7. The van der Waals surface area contributed by atoms with Gasteiger partial charge in [-0.15, -0.1) is 0 Å². The molecule has 198 valence electrons. The van der Waals surface area contributed by atoms with Crippen LogP contribution in [0.25, 0.3) is 0 Å². The molecule has 0 aliphatic carbocycles. The monoisotopic (exact) mass is 468 g/mol. The van der Waals surface area contributed by atoms with Crippen molar-refractivity contribution >= 4 is 5.97 Å². The van der Waals surface area contributed by atoms with Crippen molar-refractivity contribution in [1.82, 2.24) is 0 Å². The van der Waals surface area contributed by atoms with E-state index in [1.807, 2.05) is 0 Å². The van der Waals surface area contributed by atoms with Gasteiger partial charge in [-0.3, -0.25) is 4.79 Å². The van der Waals surface area contributed by atoms with Crippen LogP contribution in [0.1, 0.15) is 174 Å². The standard InChI is InChI=1S/C30H60O3/c1-3-5-7-9-11-13-14-15-16-17-19-21-23-25-27-33-29(28-30(31)32)26-24-22-20-18-12-10-8-6-4-2/h29H,3-28H2,1-2H3,(H,31,32). The van der Waals surface area contributed by atoms with Crippen molar-refractivity contribution in [2.75, 3.05) is 6.61 Å². The van der Waals surface area contributed by atoms with Crippen molar-refractivity contribution in [3.63, 3.8) is 0 Å². The fourth-order valence-electron chi connectivity index (χ4n) is 4.67. The first-order valence-electron chi connectivity index (χ1n) is 15.0. The molecule has 1 unspecified atom stereocenters. The summed E-state index contributed by atoms with van der Waals surface area (Å²) in [7, 11) is 0. The molecular formula is C30H60O3. The molecule has 33 heavy (non-hydrogen) atoms. The SMILES string of the molecule is CCCCCCCCCCCCCCCCOC(CCCCCCCCCCC)CC(=O)O. The Morgan fingerprint density at radius 1 is 0.545 bits per heavy atom. The summed E-state index contributed by atoms with van der Waals surface area (Å²) >= 11 is 0. The Labute approximate surface area is 207 Å². The van der Waals surface area contributed by atoms with Gasteiger partial charge < -0.3 is 9.84 Å². The van der Waals surface area contributed by atoms with Crippen molar-refractivity contribution in [2.24, 2.45) is 0 Å². The lowest BCUT2D eigenvalue weighted by Gasteiger charge is -2.16. The van der Waals surface area contributed by atoms with E-state index >= 15 is 0 Å². The summed E-state index contributed by atoms with van der Waals surface area (Å²) in [5.41, 5.74) is 0. The van der Waals surface area contributed by atoms with Gasteiger partial charge in [0, 0.05) is 6.61 Å². The zero-order chi connectivity index (χ0) is 24.2. The second-order valence-electron chi connectivity index (χ2n) is 10.3. The van der Waals surface area contributed by atoms with Crippen molar-refractivity contribution in [2.45, 2.75) is 180 Å². The molecule has 1 N–H and O–H groups in total. The van der Waals surface area contributed by atoms with Gasteiger partial charge in [0.15, 0.2) is 0 Å². The van der Waals surface area contributed by atoms with E-state index in [-0.39, 0.29) is 12.5 Å². The minimum absolute atomic E-state index is 0.0889. The number of hydrogen-bond donors (Lipinski definition) is 1. The molecule has 0 aliphatic heterocycles. The lowest BCUT2D eigenvalue weighted by atomic mass is 10.0. The topological polar surface area (TPSA) is 46.5 Å². The molecule has 0 saturated heterocycles. The van der Waals surface area contributed by atoms with Gasteiger partial charge in [0.1, 0.15) is 0 Å². The Kier molecular flexibility index (Phi) is 27.2. The molecule has 0 bridgehead atoms. The van der Waals surface area contributed by atoms with E-state index in [9.17, 15) is 9.90 Å². The lowest BCUT2D eigenvalue weighted by molar-refractivity contribution is -0.140. The van der Waals surface area contributed by atoms with Crippen molar-refractivity contribution in [1.29, 1.82) is 0 Å². The Bertz CT molecular complexity index is 383. The number of carboxylic acid groups (broad SMARTS) is 1. The Morgan fingerprint density at radius 2 is 0.879 bits per heavy atom. The largest absolute Gasteiger partial charge is 0.481 e. The Morgan fingerprint density at radius 3 is 1.24 bits per heavy atom. The quantitative estimate of drug-likeness (QED) is 0.116. The summed E-state index contributed by atoms with van der Waals surface area (Å²) < 4.78 is 5.95. The molecule has 0 heterocycles. The molecule has 0 aromatic heterocycles. The summed E-state index contributed by atoms with van der Waals surface area (Å²) in [5, 5.41) is 9.17. The van der Waals surface area contributed by atoms with Gasteiger partial charge in [-0.05, 0) is 12.8 Å². The number of ether oxygens (including phenoxy) is 1. The molecule has 0 saturated carbocycles. The predicted molar refractivity (Wildman–Crippen MR) is 144 cm³/mol. The molecule has 0 aromatic rings. The summed E-state index contributed by atoms with van der Waals surface area (Å²) in [5.74, 6) is -0.725. The maximum absolute atomic E-state index is 11.2. The molecule has 0 spiro atoms. The third-order valence-corrected chi connectivity index (χ3v) is 6.88. The van der Waals surface area contributed by atoms with E-state index in [2.05, 4.69) is 13.8 Å². The van der Waals surface area contributed by atoms with Crippen LogP contribution in [-0.2, 0) is 9.53 Å². The Hall–Kier alpha value is -0.570. The number of rotatable bonds is 28. The molecule has 0 amide bonds. The zero-order valence-electron chi connectivity index (χ0n) is 22.7. The van der Waals surface area contributed by atoms with Crippen LogP contribution in [0, 0.1) is 0 Å². The van der Waals surface area contributed by atoms with Crippen molar-refractivity contribution < 1.29 is 14.6 Å². The van der Waals surface area contributed by atoms with Crippen molar-refractivity contribution in [3.8, 4) is 0 Å². The van der Waals surface area contributed by atoms with Crippen molar-refractivity contribution in [3.05, 3.63) is 0 Å². The first-order chi connectivity index (χ1) is 16.2. The van der Waals surface area contributed by atoms with Gasteiger partial charge in [0.2, 0.25) is 0 Å². The van der Waals surface area contributed by atoms with E-state index in [1.165, 1.54) is 135 Å². The minimum atomic E-state index is -0.725. The summed E-state index contributed by atoms with van der Waals surface area (Å²) in [6.45, 7) is 5.27. The van der Waals surface area contributed by atoms with Gasteiger partial charge in [-0.25, -0.2) is 0 Å². The number of unbranched alkanes of at least 4 members (excludes halogenated alkanes) is 21. The molecule has 0 aromatic carbocycles. The lowest BCUT2D eigenvalue weighted by Crippen LogP contribution is -2.18. The smallest absolute Gasteiger partial charge is 0.305 e. The average molecular weight is 469 g/mol. The summed E-state index contributed by atoms with van der Waals surface area (Å²) in [6, 6.07) is 0. The summed E-state index contributed by atoms with van der Waals surface area (Å²) in [4.78, 5) is 11.2. The highest BCUT2D eigenvalue weighted by Crippen LogP contribution is 2.16. The minimum Gasteiger partial charge on any atom is -0.481 e. The van der Waals surface area contributed by atoms with E-state index in [0.29, 0.717) is 0 Å². The first-order valence-corrected chi connectivity index (χ1v) is 15.0. The molecule has 0 aliphatic rings. The van der Waals surface area contributed by atoms with E-state index in [1.54, 1.807) is 0 Å². The maximum atomic E-state index is 11.2. The average Bonchev–Trinajstić information content (AvgIpc) is 2.80. The molecule has 0 fully saturated rings. The second-order valence-corrected chi connectivity index (χ2v) is 10.3. The highest BCUT2D eigenvalue weighted by Gasteiger charge is 2.13. The number of aliphatic carboxylic acids is 1. The van der Waals surface area contributed by atoms with Crippen LogP contribution < -0.4 is 0 Å². The molecule has 3 nitrogen and oxygen atoms in total. The third kappa shape index (κ3) is 27.6. The van der Waals surface area contributed by atoms with Crippen LogP contribution in [0.4, 0.5) is 0 Å². The molecular weight excluding hydrogens is 408 g/mol. The number of hydrogen-bond acceptors (Lipinski definition) is 2. The molecule has 0 rings (SSSR count). The third-order valence-electron chi connectivity index (χ3n) is 6.88. The molecule has 0 radical (unpaired) electrons. The van der Waals surface area contributed by atoms with Gasteiger partial charge in [0.25, 0.3) is 0 Å². The fourth-order valence-corrected chi connectivity index (χ4v) is 4.67.